The second-order valence-electron chi connectivity index (χ2n) is 8.76. The number of nitrogens with zero attached hydrogens (tertiary/aromatic N) is 1. The normalized spacial score (nSPS) is 22.2. The standard InChI is InChI=1S/C26H22N2O4/c1-14-3-2-4-15(11-14)20(29)13-19-24-18-12-16(5-7-21(18)32-25(19)24)31-22-9-10-27-26-17(22)6-8-23(30)28-26/h2-5,7,9-12,19,24-25H,6,8,13H2,1H3,(H,27,28,30)/t19-,24-,25+/m0/s1. The third kappa shape index (κ3) is 3.23. The molecular weight excluding hydrogens is 404 g/mol. The highest BCUT2D eigenvalue weighted by atomic mass is 16.5. The van der Waals surface area contributed by atoms with Gasteiger partial charge in [-0.25, -0.2) is 4.98 Å². The van der Waals surface area contributed by atoms with Crippen molar-refractivity contribution in [1.82, 2.24) is 4.98 Å². The van der Waals surface area contributed by atoms with E-state index in [1.165, 1.54) is 0 Å². The van der Waals surface area contributed by atoms with E-state index in [4.69, 9.17) is 9.47 Å². The summed E-state index contributed by atoms with van der Waals surface area (Å²) in [5.74, 6) is 3.43. The average molecular weight is 426 g/mol. The van der Waals surface area contributed by atoms with Gasteiger partial charge in [0.25, 0.3) is 0 Å². The highest BCUT2D eigenvalue weighted by molar-refractivity contribution is 5.97. The van der Waals surface area contributed by atoms with Crippen LogP contribution in [0.25, 0.3) is 0 Å². The van der Waals surface area contributed by atoms with Crippen molar-refractivity contribution in [2.24, 2.45) is 5.92 Å². The highest BCUT2D eigenvalue weighted by Gasteiger charge is 2.59. The quantitative estimate of drug-likeness (QED) is 0.592. The number of fused-ring (bicyclic) bond motifs is 4. The lowest BCUT2D eigenvalue weighted by Gasteiger charge is -2.19. The number of ketones is 1. The fourth-order valence-electron chi connectivity index (χ4n) is 4.89. The minimum Gasteiger partial charge on any atom is -0.489 e. The van der Waals surface area contributed by atoms with Crippen LogP contribution in [0.3, 0.4) is 0 Å². The lowest BCUT2D eigenvalue weighted by atomic mass is 10.0. The van der Waals surface area contributed by atoms with Crippen LogP contribution in [0.15, 0.2) is 54.7 Å². The van der Waals surface area contributed by atoms with Gasteiger partial charge >= 0.3 is 0 Å². The molecule has 0 unspecified atom stereocenters. The molecule has 1 N–H and O–H groups in total. The second kappa shape index (κ2) is 7.19. The maximum atomic E-state index is 12.7. The Labute approximate surface area is 185 Å². The van der Waals surface area contributed by atoms with E-state index in [1.54, 1.807) is 6.20 Å². The van der Waals surface area contributed by atoms with Gasteiger partial charge in [0, 0.05) is 47.6 Å². The van der Waals surface area contributed by atoms with Gasteiger partial charge in [-0.15, -0.1) is 0 Å². The SMILES string of the molecule is Cc1cccc(C(=O)C[C@@H]2[C@H]3Oc4ccc(Oc5ccnc6c5CCC(=O)N6)cc4[C@@H]23)c1. The van der Waals surface area contributed by atoms with E-state index in [0.29, 0.717) is 36.6 Å². The number of aryl methyl sites for hydroxylation is 1. The van der Waals surface area contributed by atoms with Crippen LogP contribution in [0.4, 0.5) is 5.82 Å². The van der Waals surface area contributed by atoms with E-state index < -0.39 is 0 Å². The molecule has 0 bridgehead atoms. The molecule has 160 valence electrons. The van der Waals surface area contributed by atoms with Crippen LogP contribution in [0.2, 0.25) is 0 Å². The summed E-state index contributed by atoms with van der Waals surface area (Å²) >= 11 is 0. The van der Waals surface area contributed by atoms with Gasteiger partial charge in [-0.3, -0.25) is 9.59 Å². The number of nitrogens with one attached hydrogen (secondary N) is 1. The van der Waals surface area contributed by atoms with Crippen LogP contribution in [0.5, 0.6) is 17.2 Å². The van der Waals surface area contributed by atoms with Gasteiger partial charge in [-0.05, 0) is 43.7 Å². The molecule has 3 aromatic rings. The Balaban J connectivity index is 1.20. The molecule has 1 fully saturated rings. The predicted octanol–water partition coefficient (Wildman–Crippen LogP) is 4.81. The topological polar surface area (TPSA) is 77.5 Å². The van der Waals surface area contributed by atoms with Gasteiger partial charge in [-0.2, -0.15) is 0 Å². The molecule has 0 spiro atoms. The van der Waals surface area contributed by atoms with Crippen molar-refractivity contribution >= 4 is 17.5 Å². The summed E-state index contributed by atoms with van der Waals surface area (Å²) in [5, 5.41) is 2.80. The number of carbonyl (C=O) groups is 2. The predicted molar refractivity (Wildman–Crippen MR) is 118 cm³/mol. The van der Waals surface area contributed by atoms with Crippen LogP contribution in [-0.4, -0.2) is 22.8 Å². The minimum absolute atomic E-state index is 0.0251. The van der Waals surface area contributed by atoms with E-state index >= 15 is 0 Å². The third-order valence-electron chi connectivity index (χ3n) is 6.56. The van der Waals surface area contributed by atoms with Crippen molar-refractivity contribution in [2.75, 3.05) is 5.32 Å². The van der Waals surface area contributed by atoms with Gasteiger partial charge in [0.05, 0.1) is 0 Å². The number of benzene rings is 2. The largest absolute Gasteiger partial charge is 0.489 e. The number of Topliss-reactive ketones (excluding diaryl/α,β-unsaturated/α-hetero) is 1. The van der Waals surface area contributed by atoms with E-state index in [0.717, 1.165) is 28.0 Å². The number of pyridine rings is 1. The van der Waals surface area contributed by atoms with E-state index in [2.05, 4.69) is 10.3 Å². The summed E-state index contributed by atoms with van der Waals surface area (Å²) in [7, 11) is 0. The molecular formula is C26H22N2O4. The van der Waals surface area contributed by atoms with Gasteiger partial charge in [0.2, 0.25) is 5.91 Å². The first-order valence-corrected chi connectivity index (χ1v) is 10.9. The molecule has 6 nitrogen and oxygen atoms in total. The third-order valence-corrected chi connectivity index (χ3v) is 6.56. The molecule has 0 saturated heterocycles. The summed E-state index contributed by atoms with van der Waals surface area (Å²) in [5.41, 5.74) is 3.87. The van der Waals surface area contributed by atoms with Crippen molar-refractivity contribution in [3.63, 3.8) is 0 Å². The van der Waals surface area contributed by atoms with E-state index in [1.807, 2.05) is 55.5 Å². The number of amides is 1. The van der Waals surface area contributed by atoms with Crippen molar-refractivity contribution in [3.8, 4) is 17.2 Å². The van der Waals surface area contributed by atoms with Gasteiger partial charge in [-0.1, -0.05) is 23.8 Å². The summed E-state index contributed by atoms with van der Waals surface area (Å²) in [6.07, 6.45) is 3.22. The molecule has 3 atom stereocenters. The zero-order chi connectivity index (χ0) is 21.8. The number of hydrogen-bond acceptors (Lipinski definition) is 5. The Hall–Kier alpha value is -3.67. The number of hydrogen-bond donors (Lipinski definition) is 1. The van der Waals surface area contributed by atoms with Gasteiger partial charge < -0.3 is 14.8 Å². The van der Waals surface area contributed by atoms with Crippen LogP contribution in [0.1, 0.15) is 45.8 Å². The van der Waals surface area contributed by atoms with Crippen molar-refractivity contribution in [3.05, 3.63) is 77.0 Å². The average Bonchev–Trinajstić information content (AvgIpc) is 3.30. The van der Waals surface area contributed by atoms with Crippen molar-refractivity contribution in [2.45, 2.75) is 38.2 Å². The second-order valence-corrected chi connectivity index (χ2v) is 8.76. The number of aromatic nitrogens is 1. The summed E-state index contributed by atoms with van der Waals surface area (Å²) < 4.78 is 12.3. The minimum atomic E-state index is -0.0251. The molecule has 6 heteroatoms. The van der Waals surface area contributed by atoms with E-state index in [9.17, 15) is 9.59 Å². The fourth-order valence-corrected chi connectivity index (χ4v) is 4.89. The Morgan fingerprint density at radius 3 is 2.97 bits per heavy atom. The number of carbonyl (C=O) groups excluding carboxylic acids is 2. The maximum Gasteiger partial charge on any atom is 0.225 e. The molecule has 2 aromatic carbocycles. The van der Waals surface area contributed by atoms with Crippen molar-refractivity contribution < 1.29 is 19.1 Å². The van der Waals surface area contributed by atoms with Crippen LogP contribution < -0.4 is 14.8 Å². The summed E-state index contributed by atoms with van der Waals surface area (Å²) in [4.78, 5) is 28.6. The van der Waals surface area contributed by atoms with Crippen molar-refractivity contribution in [1.29, 1.82) is 0 Å². The maximum absolute atomic E-state index is 12.7. The first kappa shape index (κ1) is 19.0. The monoisotopic (exact) mass is 426 g/mol. The number of anilines is 1. The Bertz CT molecular complexity index is 1270. The zero-order valence-corrected chi connectivity index (χ0v) is 17.6. The zero-order valence-electron chi connectivity index (χ0n) is 17.6. The smallest absolute Gasteiger partial charge is 0.225 e. The molecule has 32 heavy (non-hydrogen) atoms. The molecule has 0 radical (unpaired) electrons. The Morgan fingerprint density at radius 1 is 1.19 bits per heavy atom. The molecule has 3 aliphatic rings. The summed E-state index contributed by atoms with van der Waals surface area (Å²) in [6.45, 7) is 2.00. The molecule has 1 saturated carbocycles. The van der Waals surface area contributed by atoms with Crippen LogP contribution in [-0.2, 0) is 11.2 Å². The number of rotatable bonds is 5. The highest BCUT2D eigenvalue weighted by Crippen LogP contribution is 2.60. The Morgan fingerprint density at radius 2 is 2.09 bits per heavy atom. The van der Waals surface area contributed by atoms with Gasteiger partial charge in [0.1, 0.15) is 29.2 Å². The first-order valence-electron chi connectivity index (χ1n) is 10.9. The van der Waals surface area contributed by atoms with Gasteiger partial charge in [0.15, 0.2) is 5.78 Å². The lowest BCUT2D eigenvalue weighted by molar-refractivity contribution is -0.116. The van der Waals surface area contributed by atoms with E-state index in [-0.39, 0.29) is 29.6 Å². The molecule has 1 aromatic heterocycles. The fraction of sp³-hybridized carbons (Fsp3) is 0.269. The molecule has 2 aliphatic heterocycles. The molecule has 1 aliphatic carbocycles. The lowest BCUT2D eigenvalue weighted by Crippen LogP contribution is -2.20. The first-order chi connectivity index (χ1) is 15.6. The number of ether oxygens (including phenoxy) is 2. The molecule has 3 heterocycles. The molecule has 1 amide bonds. The molecule has 6 rings (SSSR count). The van der Waals surface area contributed by atoms with Crippen LogP contribution in [0, 0.1) is 12.8 Å². The Kier molecular flexibility index (Phi) is 4.28. The summed E-state index contributed by atoms with van der Waals surface area (Å²) in [6, 6.07) is 15.4. The van der Waals surface area contributed by atoms with Crippen LogP contribution >= 0.6 is 0 Å².